The molecule has 0 aliphatic rings. The fourth-order valence-electron chi connectivity index (χ4n) is 3.44. The lowest BCUT2D eigenvalue weighted by molar-refractivity contribution is 0.232. The molecule has 0 radical (unpaired) electrons. The highest BCUT2D eigenvalue weighted by Crippen LogP contribution is 2.34. The van der Waals surface area contributed by atoms with Gasteiger partial charge in [-0.3, -0.25) is 0 Å². The Labute approximate surface area is 222 Å². The molecular weight excluding hydrogens is 580 g/mol. The second kappa shape index (κ2) is 13.5. The molecule has 6 heteroatoms. The summed E-state index contributed by atoms with van der Waals surface area (Å²) >= 11 is 10.5. The molecule has 33 heavy (non-hydrogen) atoms. The van der Waals surface area contributed by atoms with Crippen LogP contribution in [0.1, 0.15) is 60.4 Å². The summed E-state index contributed by atoms with van der Waals surface area (Å²) in [6, 6.07) is 12.5. The standard InChI is InChI=1S/C27H30Br2O2S2/c1-4-6-7-19(5-2)18-31-25-17-20(8-10-22-12-14-26(28)32-22)24(30-3)16-21(25)9-11-23-13-15-27(29)33-23/h8-17,19H,4-7,18H2,1-3H3/b10-8+,11-9+. The topological polar surface area (TPSA) is 18.5 Å². The van der Waals surface area contributed by atoms with Gasteiger partial charge in [-0.05, 0) is 105 Å². The van der Waals surface area contributed by atoms with Crippen molar-refractivity contribution in [2.75, 3.05) is 13.7 Å². The number of benzene rings is 1. The largest absolute Gasteiger partial charge is 0.496 e. The molecule has 1 atom stereocenters. The summed E-state index contributed by atoms with van der Waals surface area (Å²) in [6.07, 6.45) is 13.3. The van der Waals surface area contributed by atoms with E-state index in [1.54, 1.807) is 29.8 Å². The van der Waals surface area contributed by atoms with Crippen LogP contribution < -0.4 is 9.47 Å². The summed E-state index contributed by atoms with van der Waals surface area (Å²) in [4.78, 5) is 2.37. The third-order valence-corrected chi connectivity index (χ3v) is 8.60. The normalized spacial score (nSPS) is 12.6. The average molecular weight is 610 g/mol. The first-order valence-electron chi connectivity index (χ1n) is 11.2. The summed E-state index contributed by atoms with van der Waals surface area (Å²) in [5.74, 6) is 2.29. The van der Waals surface area contributed by atoms with E-state index >= 15 is 0 Å². The Morgan fingerprint density at radius 2 is 1.42 bits per heavy atom. The molecule has 0 N–H and O–H groups in total. The summed E-state index contributed by atoms with van der Waals surface area (Å²) in [6.45, 7) is 5.23. The van der Waals surface area contributed by atoms with Crippen molar-refractivity contribution in [1.29, 1.82) is 0 Å². The Kier molecular flexibility index (Phi) is 10.8. The van der Waals surface area contributed by atoms with E-state index in [2.05, 4.69) is 106 Å². The molecule has 2 nitrogen and oxygen atoms in total. The SMILES string of the molecule is CCCCC(CC)COc1cc(/C=C/c2ccc(Br)s2)c(OC)cc1/C=C/c1ccc(Br)s1. The molecule has 176 valence electrons. The van der Waals surface area contributed by atoms with Crippen LogP contribution in [0.2, 0.25) is 0 Å². The highest BCUT2D eigenvalue weighted by molar-refractivity contribution is 9.11. The lowest BCUT2D eigenvalue weighted by Gasteiger charge is -2.18. The van der Waals surface area contributed by atoms with E-state index in [1.807, 2.05) is 0 Å². The third-order valence-electron chi connectivity index (χ3n) is 5.42. The first-order chi connectivity index (χ1) is 16.0. The molecule has 0 saturated heterocycles. The zero-order valence-electron chi connectivity index (χ0n) is 19.3. The minimum Gasteiger partial charge on any atom is -0.496 e. The van der Waals surface area contributed by atoms with Crippen molar-refractivity contribution in [3.8, 4) is 11.5 Å². The zero-order valence-corrected chi connectivity index (χ0v) is 24.1. The molecule has 0 saturated carbocycles. The smallest absolute Gasteiger partial charge is 0.127 e. The maximum Gasteiger partial charge on any atom is 0.127 e. The van der Waals surface area contributed by atoms with Gasteiger partial charge in [-0.25, -0.2) is 0 Å². The van der Waals surface area contributed by atoms with Gasteiger partial charge < -0.3 is 9.47 Å². The molecule has 3 aromatic rings. The molecule has 2 heterocycles. The van der Waals surface area contributed by atoms with Gasteiger partial charge in [0.2, 0.25) is 0 Å². The highest BCUT2D eigenvalue weighted by Gasteiger charge is 2.12. The van der Waals surface area contributed by atoms with Crippen LogP contribution >= 0.6 is 54.5 Å². The van der Waals surface area contributed by atoms with Crippen LogP contribution in [-0.2, 0) is 0 Å². The van der Waals surface area contributed by atoms with Gasteiger partial charge in [0.15, 0.2) is 0 Å². The molecule has 0 aliphatic carbocycles. The van der Waals surface area contributed by atoms with Gasteiger partial charge in [0.25, 0.3) is 0 Å². The van der Waals surface area contributed by atoms with Crippen LogP contribution in [0.25, 0.3) is 24.3 Å². The fourth-order valence-corrected chi connectivity index (χ4v) is 6.09. The molecule has 0 spiro atoms. The molecule has 0 amide bonds. The van der Waals surface area contributed by atoms with Crippen molar-refractivity contribution in [2.24, 2.45) is 5.92 Å². The van der Waals surface area contributed by atoms with E-state index in [1.165, 1.54) is 29.0 Å². The van der Waals surface area contributed by atoms with Gasteiger partial charge in [-0.2, -0.15) is 0 Å². The number of hydrogen-bond donors (Lipinski definition) is 0. The van der Waals surface area contributed by atoms with Crippen LogP contribution in [-0.4, -0.2) is 13.7 Å². The molecule has 0 bridgehead atoms. The van der Waals surface area contributed by atoms with Crippen LogP contribution in [0.15, 0.2) is 44.0 Å². The number of rotatable bonds is 12. The Morgan fingerprint density at radius 1 is 0.848 bits per heavy atom. The predicted molar refractivity (Wildman–Crippen MR) is 154 cm³/mol. The Morgan fingerprint density at radius 3 is 1.91 bits per heavy atom. The summed E-state index contributed by atoms with van der Waals surface area (Å²) in [5, 5.41) is 0. The summed E-state index contributed by atoms with van der Waals surface area (Å²) in [7, 11) is 1.72. The lowest BCUT2D eigenvalue weighted by Crippen LogP contribution is -2.12. The minimum absolute atomic E-state index is 0.569. The average Bonchev–Trinajstić information content (AvgIpc) is 3.44. The van der Waals surface area contributed by atoms with Gasteiger partial charge >= 0.3 is 0 Å². The van der Waals surface area contributed by atoms with Gasteiger partial charge in [0.1, 0.15) is 11.5 Å². The lowest BCUT2D eigenvalue weighted by atomic mass is 10.0. The van der Waals surface area contributed by atoms with E-state index in [4.69, 9.17) is 9.47 Å². The molecule has 1 aromatic carbocycles. The van der Waals surface area contributed by atoms with Crippen molar-refractivity contribution >= 4 is 78.8 Å². The number of hydrogen-bond acceptors (Lipinski definition) is 4. The maximum absolute atomic E-state index is 6.43. The van der Waals surface area contributed by atoms with E-state index in [9.17, 15) is 0 Å². The molecule has 2 aromatic heterocycles. The van der Waals surface area contributed by atoms with Crippen molar-refractivity contribution in [1.82, 2.24) is 0 Å². The molecule has 0 fully saturated rings. The number of ether oxygens (including phenoxy) is 2. The third kappa shape index (κ3) is 8.13. The number of thiophene rings is 2. The molecule has 1 unspecified atom stereocenters. The van der Waals surface area contributed by atoms with Crippen molar-refractivity contribution in [3.05, 3.63) is 64.9 Å². The van der Waals surface area contributed by atoms with E-state index in [-0.39, 0.29) is 0 Å². The Hall–Kier alpha value is -1.34. The van der Waals surface area contributed by atoms with E-state index < -0.39 is 0 Å². The minimum atomic E-state index is 0.569. The van der Waals surface area contributed by atoms with Gasteiger partial charge in [-0.15, -0.1) is 22.7 Å². The van der Waals surface area contributed by atoms with Crippen LogP contribution in [0.4, 0.5) is 0 Å². The zero-order chi connectivity index (χ0) is 23.6. The maximum atomic E-state index is 6.43. The van der Waals surface area contributed by atoms with Crippen LogP contribution in [0, 0.1) is 5.92 Å². The van der Waals surface area contributed by atoms with Gasteiger partial charge in [0, 0.05) is 20.9 Å². The molecule has 3 rings (SSSR count). The van der Waals surface area contributed by atoms with Crippen molar-refractivity contribution in [3.63, 3.8) is 0 Å². The summed E-state index contributed by atoms with van der Waals surface area (Å²) in [5.41, 5.74) is 2.03. The number of halogens is 2. The molecular formula is C27H30Br2O2S2. The quantitative estimate of drug-likeness (QED) is 0.203. The Balaban J connectivity index is 1.91. The van der Waals surface area contributed by atoms with Crippen LogP contribution in [0.3, 0.4) is 0 Å². The number of unbranched alkanes of at least 4 members (excludes halogenated alkanes) is 1. The van der Waals surface area contributed by atoms with E-state index in [0.717, 1.165) is 43.2 Å². The van der Waals surface area contributed by atoms with Crippen molar-refractivity contribution in [2.45, 2.75) is 39.5 Å². The van der Waals surface area contributed by atoms with Crippen molar-refractivity contribution < 1.29 is 9.47 Å². The van der Waals surface area contributed by atoms with Crippen LogP contribution in [0.5, 0.6) is 11.5 Å². The molecule has 0 aliphatic heterocycles. The first-order valence-corrected chi connectivity index (χ1v) is 14.5. The first kappa shape index (κ1) is 26.3. The second-order valence-corrected chi connectivity index (χ2v) is 12.8. The van der Waals surface area contributed by atoms with Gasteiger partial charge in [0.05, 0.1) is 21.3 Å². The monoisotopic (exact) mass is 608 g/mol. The second-order valence-electron chi connectivity index (χ2n) is 7.81. The van der Waals surface area contributed by atoms with E-state index in [0.29, 0.717) is 5.92 Å². The Bertz CT molecular complexity index is 1080. The fraction of sp³-hybridized carbons (Fsp3) is 0.333. The highest BCUT2D eigenvalue weighted by atomic mass is 79.9. The van der Waals surface area contributed by atoms with Gasteiger partial charge in [-0.1, -0.05) is 33.1 Å². The summed E-state index contributed by atoms with van der Waals surface area (Å²) < 4.78 is 14.4. The predicted octanol–water partition coefficient (Wildman–Crippen LogP) is 10.3. The number of methoxy groups -OCH3 is 1.